The van der Waals surface area contributed by atoms with Crippen molar-refractivity contribution in [2.24, 2.45) is 10.9 Å². The van der Waals surface area contributed by atoms with Gasteiger partial charge in [-0.25, -0.2) is 0 Å². The molecule has 1 saturated heterocycles. The van der Waals surface area contributed by atoms with E-state index in [1.165, 1.54) is 5.71 Å². The van der Waals surface area contributed by atoms with Crippen molar-refractivity contribution in [3.05, 3.63) is 0 Å². The van der Waals surface area contributed by atoms with E-state index in [1.807, 2.05) is 0 Å². The summed E-state index contributed by atoms with van der Waals surface area (Å²) in [6.45, 7) is 6.69. The summed E-state index contributed by atoms with van der Waals surface area (Å²) in [5.41, 5.74) is 1.17. The summed E-state index contributed by atoms with van der Waals surface area (Å²) >= 11 is 0. The molecule has 0 amide bonds. The van der Waals surface area contributed by atoms with Crippen LogP contribution in [0.2, 0.25) is 0 Å². The predicted molar refractivity (Wildman–Crippen MR) is 47.6 cm³/mol. The summed E-state index contributed by atoms with van der Waals surface area (Å²) in [6, 6.07) is 0.661. The van der Waals surface area contributed by atoms with E-state index in [2.05, 4.69) is 23.8 Å². The SMILES string of the molecule is CC(C)N1CCC(=NN)CC1. The van der Waals surface area contributed by atoms with Gasteiger partial charge in [0.25, 0.3) is 0 Å². The molecule has 1 aliphatic heterocycles. The highest BCUT2D eigenvalue weighted by atomic mass is 15.2. The fourth-order valence-corrected chi connectivity index (χ4v) is 1.43. The van der Waals surface area contributed by atoms with Crippen LogP contribution in [0.3, 0.4) is 0 Å². The molecular formula is C8H17N3. The molecule has 0 spiro atoms. The summed E-state index contributed by atoms with van der Waals surface area (Å²) in [6.07, 6.45) is 2.10. The molecule has 1 rings (SSSR count). The highest BCUT2D eigenvalue weighted by Crippen LogP contribution is 2.09. The highest BCUT2D eigenvalue weighted by Gasteiger charge is 2.16. The summed E-state index contributed by atoms with van der Waals surface area (Å²) < 4.78 is 0. The lowest BCUT2D eigenvalue weighted by Gasteiger charge is -2.30. The standard InChI is InChI=1S/C8H17N3/c1-7(2)11-5-3-8(10-9)4-6-11/h7H,3-6,9H2,1-2H3. The lowest BCUT2D eigenvalue weighted by atomic mass is 10.1. The molecule has 64 valence electrons. The molecule has 3 nitrogen and oxygen atoms in total. The fourth-order valence-electron chi connectivity index (χ4n) is 1.43. The number of hydrogen-bond acceptors (Lipinski definition) is 3. The molecule has 11 heavy (non-hydrogen) atoms. The Balaban J connectivity index is 2.36. The van der Waals surface area contributed by atoms with Crippen LogP contribution in [0.15, 0.2) is 5.10 Å². The van der Waals surface area contributed by atoms with E-state index >= 15 is 0 Å². The predicted octanol–water partition coefficient (Wildman–Crippen LogP) is 0.805. The molecule has 0 atom stereocenters. The third kappa shape index (κ3) is 2.19. The topological polar surface area (TPSA) is 41.6 Å². The van der Waals surface area contributed by atoms with E-state index in [9.17, 15) is 0 Å². The first kappa shape index (κ1) is 8.53. The van der Waals surface area contributed by atoms with Gasteiger partial charge in [0.1, 0.15) is 0 Å². The molecule has 0 aromatic carbocycles. The van der Waals surface area contributed by atoms with Crippen LogP contribution in [0, 0.1) is 0 Å². The monoisotopic (exact) mass is 155 g/mol. The van der Waals surface area contributed by atoms with E-state index in [0.717, 1.165) is 25.9 Å². The minimum absolute atomic E-state index is 0.661. The first-order valence-electron chi connectivity index (χ1n) is 4.23. The maximum Gasteiger partial charge on any atom is 0.0401 e. The average molecular weight is 155 g/mol. The van der Waals surface area contributed by atoms with Gasteiger partial charge in [-0.1, -0.05) is 0 Å². The molecule has 0 radical (unpaired) electrons. The molecule has 2 N–H and O–H groups in total. The molecule has 0 aromatic rings. The fraction of sp³-hybridized carbons (Fsp3) is 0.875. The van der Waals surface area contributed by atoms with Crippen LogP contribution < -0.4 is 5.84 Å². The molecule has 0 bridgehead atoms. The largest absolute Gasteiger partial charge is 0.323 e. The van der Waals surface area contributed by atoms with Crippen molar-refractivity contribution in [2.45, 2.75) is 32.7 Å². The number of hydrogen-bond donors (Lipinski definition) is 1. The van der Waals surface area contributed by atoms with Gasteiger partial charge in [-0.2, -0.15) is 5.10 Å². The van der Waals surface area contributed by atoms with Crippen molar-refractivity contribution < 1.29 is 0 Å². The number of likely N-dealkylation sites (tertiary alicyclic amines) is 1. The summed E-state index contributed by atoms with van der Waals surface area (Å²) in [4.78, 5) is 2.45. The highest BCUT2D eigenvalue weighted by molar-refractivity contribution is 5.85. The van der Waals surface area contributed by atoms with Crippen molar-refractivity contribution in [3.63, 3.8) is 0 Å². The van der Waals surface area contributed by atoms with Crippen LogP contribution in [0.25, 0.3) is 0 Å². The van der Waals surface area contributed by atoms with Crippen molar-refractivity contribution >= 4 is 5.71 Å². The third-order valence-electron chi connectivity index (χ3n) is 2.29. The Labute approximate surface area is 68.3 Å². The van der Waals surface area contributed by atoms with Crippen LogP contribution in [0.1, 0.15) is 26.7 Å². The Bertz CT molecular complexity index is 141. The van der Waals surface area contributed by atoms with E-state index in [0.29, 0.717) is 6.04 Å². The quantitative estimate of drug-likeness (QED) is 0.449. The first-order chi connectivity index (χ1) is 5.24. The van der Waals surface area contributed by atoms with Crippen molar-refractivity contribution in [1.82, 2.24) is 4.90 Å². The van der Waals surface area contributed by atoms with Crippen molar-refractivity contribution in [3.8, 4) is 0 Å². The van der Waals surface area contributed by atoms with Crippen LogP contribution in [-0.4, -0.2) is 29.7 Å². The smallest absolute Gasteiger partial charge is 0.0401 e. The first-order valence-corrected chi connectivity index (χ1v) is 4.23. The normalized spacial score (nSPS) is 20.8. The maximum atomic E-state index is 5.19. The molecule has 1 heterocycles. The van der Waals surface area contributed by atoms with Crippen LogP contribution >= 0.6 is 0 Å². The maximum absolute atomic E-state index is 5.19. The van der Waals surface area contributed by atoms with E-state index < -0.39 is 0 Å². The molecule has 1 aliphatic rings. The number of nitrogens with zero attached hydrogens (tertiary/aromatic N) is 2. The van der Waals surface area contributed by atoms with E-state index in [1.54, 1.807) is 0 Å². The molecular weight excluding hydrogens is 138 g/mol. The van der Waals surface area contributed by atoms with Crippen molar-refractivity contribution in [1.29, 1.82) is 0 Å². The minimum atomic E-state index is 0.661. The van der Waals surface area contributed by atoms with Crippen LogP contribution in [0.4, 0.5) is 0 Å². The molecule has 3 heteroatoms. The Morgan fingerprint density at radius 1 is 1.36 bits per heavy atom. The zero-order valence-corrected chi connectivity index (χ0v) is 7.38. The molecule has 0 saturated carbocycles. The van der Waals surface area contributed by atoms with Crippen molar-refractivity contribution in [2.75, 3.05) is 13.1 Å². The van der Waals surface area contributed by atoms with Crippen LogP contribution in [-0.2, 0) is 0 Å². The molecule has 0 aromatic heterocycles. The van der Waals surface area contributed by atoms with Gasteiger partial charge in [-0.15, -0.1) is 0 Å². The van der Waals surface area contributed by atoms with E-state index in [4.69, 9.17) is 5.84 Å². The summed E-state index contributed by atoms with van der Waals surface area (Å²) in [5.74, 6) is 5.19. The Morgan fingerprint density at radius 2 is 1.91 bits per heavy atom. The third-order valence-corrected chi connectivity index (χ3v) is 2.29. The van der Waals surface area contributed by atoms with Gasteiger partial charge in [-0.3, -0.25) is 0 Å². The number of rotatable bonds is 1. The van der Waals surface area contributed by atoms with Gasteiger partial charge >= 0.3 is 0 Å². The van der Waals surface area contributed by atoms with Gasteiger partial charge in [0.2, 0.25) is 0 Å². The minimum Gasteiger partial charge on any atom is -0.323 e. The average Bonchev–Trinajstić information content (AvgIpc) is 2.05. The zero-order chi connectivity index (χ0) is 8.27. The summed E-state index contributed by atoms with van der Waals surface area (Å²) in [7, 11) is 0. The number of nitrogens with two attached hydrogens (primary N) is 1. The van der Waals surface area contributed by atoms with Crippen LogP contribution in [0.5, 0.6) is 0 Å². The molecule has 0 aliphatic carbocycles. The van der Waals surface area contributed by atoms with Gasteiger partial charge in [0.15, 0.2) is 0 Å². The van der Waals surface area contributed by atoms with Gasteiger partial charge < -0.3 is 10.7 Å². The Kier molecular flexibility index (Phi) is 2.88. The van der Waals surface area contributed by atoms with Gasteiger partial charge in [-0.05, 0) is 13.8 Å². The molecule has 1 fully saturated rings. The second kappa shape index (κ2) is 3.72. The zero-order valence-electron chi connectivity index (χ0n) is 7.38. The lowest BCUT2D eigenvalue weighted by Crippen LogP contribution is -2.38. The lowest BCUT2D eigenvalue weighted by molar-refractivity contribution is 0.222. The van der Waals surface area contributed by atoms with Gasteiger partial charge in [0, 0.05) is 37.7 Å². The Morgan fingerprint density at radius 3 is 2.27 bits per heavy atom. The second-order valence-corrected chi connectivity index (χ2v) is 3.33. The second-order valence-electron chi connectivity index (χ2n) is 3.33. The Hall–Kier alpha value is -0.570. The molecule has 0 unspecified atom stereocenters. The van der Waals surface area contributed by atoms with Gasteiger partial charge in [0.05, 0.1) is 0 Å². The number of hydrazone groups is 1. The summed E-state index contributed by atoms with van der Waals surface area (Å²) in [5, 5.41) is 3.73. The number of piperidine rings is 1. The van der Waals surface area contributed by atoms with E-state index in [-0.39, 0.29) is 0 Å².